The molecule has 0 fully saturated rings. The van der Waals surface area contributed by atoms with Gasteiger partial charge in [0.25, 0.3) is 5.91 Å². The molecule has 1 rings (SSSR count). The molecule has 0 saturated carbocycles. The molecule has 4 nitrogen and oxygen atoms in total. The second kappa shape index (κ2) is 2.53. The number of primary amides is 1. The molecule has 1 unspecified atom stereocenters. The van der Waals surface area contributed by atoms with Crippen LogP contribution >= 0.6 is 0 Å². The first-order chi connectivity index (χ1) is 4.72. The minimum absolute atomic E-state index is 0.424. The predicted octanol–water partition coefficient (Wildman–Crippen LogP) is -0.467. The number of rotatable bonds is 2. The van der Waals surface area contributed by atoms with Gasteiger partial charge in [-0.1, -0.05) is 0 Å². The Morgan fingerprint density at radius 1 is 1.80 bits per heavy atom. The van der Waals surface area contributed by atoms with Gasteiger partial charge in [0.2, 0.25) is 0 Å². The van der Waals surface area contributed by atoms with Crippen LogP contribution in [0.25, 0.3) is 0 Å². The van der Waals surface area contributed by atoms with Crippen LogP contribution in [0.2, 0.25) is 0 Å². The van der Waals surface area contributed by atoms with Crippen LogP contribution in [0.4, 0.5) is 0 Å². The minimum Gasteiger partial charge on any atom is -0.377 e. The normalized spacial score (nSPS) is 12.9. The van der Waals surface area contributed by atoms with E-state index in [9.17, 15) is 4.79 Å². The molecule has 1 aromatic rings. The van der Waals surface area contributed by atoms with E-state index in [1.54, 1.807) is 18.3 Å². The number of nitrogens with one attached hydrogen (secondary N) is 1. The molecule has 1 aromatic heterocycles. The van der Waals surface area contributed by atoms with E-state index in [1.807, 2.05) is 0 Å². The van der Waals surface area contributed by atoms with Crippen LogP contribution in [0.3, 0.4) is 0 Å². The summed E-state index contributed by atoms with van der Waals surface area (Å²) in [5, 5.41) is 8.98. The number of carbonyl (C=O) groups is 1. The highest BCUT2D eigenvalue weighted by atomic mass is 16.3. The first-order valence-electron chi connectivity index (χ1n) is 2.82. The van der Waals surface area contributed by atoms with Crippen molar-refractivity contribution in [1.29, 1.82) is 0 Å². The smallest absolute Gasteiger partial charge is 0.252 e. The molecular weight excluding hydrogens is 132 g/mol. The number of amides is 1. The molecule has 0 aromatic carbocycles. The SMILES string of the molecule is NC(=O)C(O)c1ccc[nH]1. The average Bonchev–Trinajstić information content (AvgIpc) is 2.36. The summed E-state index contributed by atoms with van der Waals surface area (Å²) < 4.78 is 0. The molecule has 0 radical (unpaired) electrons. The van der Waals surface area contributed by atoms with Crippen molar-refractivity contribution >= 4 is 5.91 Å². The molecule has 0 spiro atoms. The maximum Gasteiger partial charge on any atom is 0.252 e. The molecule has 0 bridgehead atoms. The number of aromatic nitrogens is 1. The molecule has 1 heterocycles. The lowest BCUT2D eigenvalue weighted by Crippen LogP contribution is -2.20. The van der Waals surface area contributed by atoms with E-state index in [0.29, 0.717) is 5.69 Å². The van der Waals surface area contributed by atoms with Crippen molar-refractivity contribution in [2.45, 2.75) is 6.10 Å². The van der Waals surface area contributed by atoms with Gasteiger partial charge in [0, 0.05) is 6.20 Å². The molecule has 1 atom stereocenters. The van der Waals surface area contributed by atoms with Crippen LogP contribution in [0.1, 0.15) is 11.8 Å². The second-order valence-corrected chi connectivity index (χ2v) is 1.93. The third-order valence-electron chi connectivity index (χ3n) is 1.19. The van der Waals surface area contributed by atoms with Gasteiger partial charge < -0.3 is 15.8 Å². The van der Waals surface area contributed by atoms with Gasteiger partial charge in [0.05, 0.1) is 5.69 Å². The Kier molecular flexibility index (Phi) is 1.73. The van der Waals surface area contributed by atoms with E-state index in [-0.39, 0.29) is 0 Å². The summed E-state index contributed by atoms with van der Waals surface area (Å²) in [6.45, 7) is 0. The number of nitrogens with two attached hydrogens (primary N) is 1. The molecule has 0 aliphatic rings. The van der Waals surface area contributed by atoms with Gasteiger partial charge in [-0.25, -0.2) is 0 Å². The second-order valence-electron chi connectivity index (χ2n) is 1.93. The molecule has 54 valence electrons. The van der Waals surface area contributed by atoms with E-state index < -0.39 is 12.0 Å². The van der Waals surface area contributed by atoms with Crippen LogP contribution in [0, 0.1) is 0 Å². The Morgan fingerprint density at radius 2 is 2.50 bits per heavy atom. The van der Waals surface area contributed by atoms with Gasteiger partial charge >= 0.3 is 0 Å². The summed E-state index contributed by atoms with van der Waals surface area (Å²) in [6, 6.07) is 3.27. The summed E-state index contributed by atoms with van der Waals surface area (Å²) in [4.78, 5) is 13.0. The number of hydrogen-bond donors (Lipinski definition) is 3. The molecule has 0 saturated heterocycles. The summed E-state index contributed by atoms with van der Waals surface area (Å²) in [5.41, 5.74) is 5.24. The zero-order valence-corrected chi connectivity index (χ0v) is 5.24. The number of aromatic amines is 1. The quantitative estimate of drug-likeness (QED) is 0.519. The van der Waals surface area contributed by atoms with Crippen LogP contribution in [-0.2, 0) is 4.79 Å². The van der Waals surface area contributed by atoms with Crippen LogP contribution in [-0.4, -0.2) is 16.0 Å². The number of H-pyrrole nitrogens is 1. The van der Waals surface area contributed by atoms with Crippen LogP contribution in [0.15, 0.2) is 18.3 Å². The third kappa shape index (κ3) is 1.16. The van der Waals surface area contributed by atoms with E-state index in [0.717, 1.165) is 0 Å². The van der Waals surface area contributed by atoms with Gasteiger partial charge in [-0.15, -0.1) is 0 Å². The minimum atomic E-state index is -1.21. The van der Waals surface area contributed by atoms with Crippen molar-refractivity contribution in [3.05, 3.63) is 24.0 Å². The molecule has 10 heavy (non-hydrogen) atoms. The summed E-state index contributed by atoms with van der Waals surface area (Å²) in [5.74, 6) is -0.748. The summed E-state index contributed by atoms with van der Waals surface area (Å²) in [6.07, 6.45) is 0.400. The maximum atomic E-state index is 10.3. The zero-order valence-electron chi connectivity index (χ0n) is 5.24. The number of aliphatic hydroxyl groups is 1. The molecule has 1 amide bonds. The first-order valence-corrected chi connectivity index (χ1v) is 2.82. The van der Waals surface area contributed by atoms with Crippen molar-refractivity contribution in [3.8, 4) is 0 Å². The van der Waals surface area contributed by atoms with Gasteiger partial charge in [-0.2, -0.15) is 0 Å². The monoisotopic (exact) mass is 140 g/mol. The average molecular weight is 140 g/mol. The Balaban J connectivity index is 2.77. The highest BCUT2D eigenvalue weighted by Gasteiger charge is 2.12. The standard InChI is InChI=1S/C6H8N2O2/c7-6(10)5(9)4-2-1-3-8-4/h1-3,5,8-9H,(H2,7,10). The van der Waals surface area contributed by atoms with Crippen LogP contribution in [0.5, 0.6) is 0 Å². The number of hydrogen-bond acceptors (Lipinski definition) is 2. The van der Waals surface area contributed by atoms with Crippen molar-refractivity contribution in [1.82, 2.24) is 4.98 Å². The van der Waals surface area contributed by atoms with Crippen LogP contribution < -0.4 is 5.73 Å². The summed E-state index contributed by atoms with van der Waals surface area (Å²) in [7, 11) is 0. The lowest BCUT2D eigenvalue weighted by atomic mass is 10.2. The predicted molar refractivity (Wildman–Crippen MR) is 34.9 cm³/mol. The largest absolute Gasteiger partial charge is 0.377 e. The summed E-state index contributed by atoms with van der Waals surface area (Å²) >= 11 is 0. The van der Waals surface area contributed by atoms with Gasteiger partial charge in [-0.05, 0) is 12.1 Å². The topological polar surface area (TPSA) is 79.1 Å². The Labute approximate surface area is 57.7 Å². The van der Waals surface area contributed by atoms with Crippen molar-refractivity contribution in [2.24, 2.45) is 5.73 Å². The fourth-order valence-corrected chi connectivity index (χ4v) is 0.668. The molecule has 4 N–H and O–H groups in total. The lowest BCUT2D eigenvalue weighted by Gasteiger charge is -2.01. The number of aliphatic hydroxyl groups excluding tert-OH is 1. The highest BCUT2D eigenvalue weighted by molar-refractivity contribution is 5.79. The highest BCUT2D eigenvalue weighted by Crippen LogP contribution is 2.07. The Bertz CT molecular complexity index is 218. The van der Waals surface area contributed by atoms with E-state index >= 15 is 0 Å². The zero-order chi connectivity index (χ0) is 7.56. The molecular formula is C6H8N2O2. The van der Waals surface area contributed by atoms with Crippen molar-refractivity contribution < 1.29 is 9.90 Å². The molecule has 0 aliphatic carbocycles. The molecule has 0 aliphatic heterocycles. The number of carbonyl (C=O) groups excluding carboxylic acids is 1. The van der Waals surface area contributed by atoms with E-state index in [4.69, 9.17) is 10.8 Å². The van der Waals surface area contributed by atoms with Gasteiger partial charge in [0.15, 0.2) is 6.10 Å². The lowest BCUT2D eigenvalue weighted by molar-refractivity contribution is -0.126. The Morgan fingerprint density at radius 3 is 2.90 bits per heavy atom. The first kappa shape index (κ1) is 6.82. The maximum absolute atomic E-state index is 10.3. The van der Waals surface area contributed by atoms with Gasteiger partial charge in [-0.3, -0.25) is 4.79 Å². The van der Waals surface area contributed by atoms with Gasteiger partial charge in [0.1, 0.15) is 0 Å². The molecule has 4 heteroatoms. The van der Waals surface area contributed by atoms with Crippen molar-refractivity contribution in [3.63, 3.8) is 0 Å². The fourth-order valence-electron chi connectivity index (χ4n) is 0.668. The van der Waals surface area contributed by atoms with E-state index in [1.165, 1.54) is 0 Å². The Hall–Kier alpha value is -1.29. The van der Waals surface area contributed by atoms with E-state index in [2.05, 4.69) is 4.98 Å². The van der Waals surface area contributed by atoms with Crippen molar-refractivity contribution in [2.75, 3.05) is 0 Å². The third-order valence-corrected chi connectivity index (χ3v) is 1.19. The fraction of sp³-hybridized carbons (Fsp3) is 0.167.